The molecule has 0 amide bonds. The van der Waals surface area contributed by atoms with Crippen molar-refractivity contribution < 1.29 is 0 Å². The molecule has 0 bridgehead atoms. The lowest BCUT2D eigenvalue weighted by Crippen LogP contribution is -2.35. The average Bonchev–Trinajstić information content (AvgIpc) is 3.36. The number of hydrogen-bond acceptors (Lipinski definition) is 2. The van der Waals surface area contributed by atoms with Gasteiger partial charge in [0, 0.05) is 28.7 Å². The monoisotopic (exact) mass is 822 g/mol. The summed E-state index contributed by atoms with van der Waals surface area (Å²) in [5.41, 5.74) is 15.0. The number of benzene rings is 3. The predicted octanol–water partition coefficient (Wildman–Crippen LogP) is 15.5. The first kappa shape index (κ1) is 40.9. The molecule has 0 spiro atoms. The zero-order valence-electron chi connectivity index (χ0n) is 37.0. The quantitative estimate of drug-likeness (QED) is 0.190. The maximum absolute atomic E-state index is 2.68. The van der Waals surface area contributed by atoms with Crippen molar-refractivity contribution in [2.45, 2.75) is 83.2 Å². The third kappa shape index (κ3) is 9.19. The van der Waals surface area contributed by atoms with Crippen LogP contribution < -0.4 is 4.90 Å². The fraction of sp³-hybridized carbons (Fsp3) is 0.279. The Morgan fingerprint density at radius 3 is 1.70 bits per heavy atom. The van der Waals surface area contributed by atoms with Crippen molar-refractivity contribution >= 4 is 22.4 Å². The van der Waals surface area contributed by atoms with Gasteiger partial charge < -0.3 is 9.80 Å². The Hall–Kier alpha value is -6.12. The van der Waals surface area contributed by atoms with Crippen LogP contribution in [0.3, 0.4) is 0 Å². The molecule has 3 aromatic carbocycles. The van der Waals surface area contributed by atoms with Crippen molar-refractivity contribution in [3.8, 4) is 0 Å². The van der Waals surface area contributed by atoms with E-state index in [1.807, 2.05) is 0 Å². The van der Waals surface area contributed by atoms with Crippen molar-refractivity contribution in [2.75, 3.05) is 4.90 Å². The molecule has 3 aromatic rings. The van der Waals surface area contributed by atoms with Crippen LogP contribution >= 0.6 is 0 Å². The van der Waals surface area contributed by atoms with E-state index in [0.717, 1.165) is 57.8 Å². The lowest BCUT2D eigenvalue weighted by atomic mass is 9.77. The van der Waals surface area contributed by atoms with Crippen LogP contribution in [0.5, 0.6) is 0 Å². The molecule has 2 heteroatoms. The molecule has 316 valence electrons. The fourth-order valence-electron chi connectivity index (χ4n) is 11.0. The van der Waals surface area contributed by atoms with E-state index in [9.17, 15) is 0 Å². The van der Waals surface area contributed by atoms with Crippen molar-refractivity contribution in [3.63, 3.8) is 0 Å². The second-order valence-corrected chi connectivity index (χ2v) is 18.5. The Kier molecular flexibility index (Phi) is 12.4. The van der Waals surface area contributed by atoms with Crippen LogP contribution in [0.1, 0.15) is 87.8 Å². The molecule has 6 atom stereocenters. The summed E-state index contributed by atoms with van der Waals surface area (Å²) in [5.74, 6) is 2.35. The number of hydrogen-bond donors (Lipinski definition) is 0. The number of nitrogens with zero attached hydrogens (tertiary/aromatic N) is 2. The summed E-state index contributed by atoms with van der Waals surface area (Å²) in [6.45, 7) is 2.35. The topological polar surface area (TPSA) is 6.48 Å². The minimum atomic E-state index is 0.262. The van der Waals surface area contributed by atoms with Gasteiger partial charge in [-0.25, -0.2) is 0 Å². The van der Waals surface area contributed by atoms with Gasteiger partial charge in [0.1, 0.15) is 0 Å². The second kappa shape index (κ2) is 19.1. The molecule has 0 saturated carbocycles. The van der Waals surface area contributed by atoms with Gasteiger partial charge in [-0.2, -0.15) is 0 Å². The normalized spacial score (nSPS) is 26.5. The Morgan fingerprint density at radius 1 is 0.492 bits per heavy atom. The van der Waals surface area contributed by atoms with Crippen molar-refractivity contribution in [3.05, 3.63) is 240 Å². The van der Waals surface area contributed by atoms with E-state index in [1.165, 1.54) is 62.6 Å². The highest BCUT2D eigenvalue weighted by molar-refractivity contribution is 5.78. The van der Waals surface area contributed by atoms with Gasteiger partial charge in [0.05, 0.1) is 12.1 Å². The van der Waals surface area contributed by atoms with Crippen LogP contribution in [-0.2, 0) is 0 Å². The molecule has 0 aromatic heterocycles. The molecule has 0 fully saturated rings. The molecular weight excluding hydrogens is 761 g/mol. The van der Waals surface area contributed by atoms with Gasteiger partial charge in [0.2, 0.25) is 0 Å². The summed E-state index contributed by atoms with van der Waals surface area (Å²) >= 11 is 0. The zero-order valence-corrected chi connectivity index (χ0v) is 37.0. The molecule has 2 nitrogen and oxygen atoms in total. The summed E-state index contributed by atoms with van der Waals surface area (Å²) in [6, 6.07) is 31.7. The average molecular weight is 823 g/mol. The van der Waals surface area contributed by atoms with Crippen molar-refractivity contribution in [2.24, 2.45) is 23.7 Å². The number of rotatable bonds is 11. The molecule has 7 aliphatic rings. The smallest absolute Gasteiger partial charge is 0.0557 e. The standard InChI is InChI=1S/C61H62N2/c1-45-13-11-12-20-61(45)54-33-43-60(44-34-54)63(58-35-25-50(26-36-58)47-16-7-3-8-17-47)59-41-31-53(32-42-59)52-29-39-57(40-30-52)62(55-18-9-4-10-19-55)56-37-27-51(28-38-56)49-23-21-48(22-24-49)46-14-5-2-6-15-46/h2-3,5-9,11-23,25-26,29-33,35,37,39,41-43,45,49,51,57-58,61H,4,10,24,27-28,34,36,38,40,44H2,1H3. The van der Waals surface area contributed by atoms with Gasteiger partial charge in [0.15, 0.2) is 0 Å². The van der Waals surface area contributed by atoms with Crippen molar-refractivity contribution in [1.82, 2.24) is 4.90 Å². The van der Waals surface area contributed by atoms with Gasteiger partial charge >= 0.3 is 0 Å². The minimum absolute atomic E-state index is 0.262. The van der Waals surface area contributed by atoms with E-state index in [1.54, 1.807) is 5.57 Å². The molecule has 0 radical (unpaired) electrons. The minimum Gasteiger partial charge on any atom is -0.339 e. The highest BCUT2D eigenvalue weighted by atomic mass is 15.2. The van der Waals surface area contributed by atoms with E-state index in [-0.39, 0.29) is 6.04 Å². The molecule has 10 rings (SSSR count). The maximum atomic E-state index is 2.68. The summed E-state index contributed by atoms with van der Waals surface area (Å²) in [4.78, 5) is 5.29. The third-order valence-corrected chi connectivity index (χ3v) is 14.5. The Bertz CT molecular complexity index is 2540. The molecule has 0 saturated heterocycles. The largest absolute Gasteiger partial charge is 0.339 e. The van der Waals surface area contributed by atoms with Crippen LogP contribution in [0.4, 0.5) is 5.69 Å². The van der Waals surface area contributed by atoms with Crippen LogP contribution in [0.25, 0.3) is 16.7 Å². The fourth-order valence-corrected chi connectivity index (χ4v) is 11.0. The van der Waals surface area contributed by atoms with Crippen LogP contribution in [0.2, 0.25) is 0 Å². The van der Waals surface area contributed by atoms with Gasteiger partial charge in [-0.15, -0.1) is 0 Å². The summed E-state index contributed by atoms with van der Waals surface area (Å²) < 4.78 is 0. The first-order chi connectivity index (χ1) is 31.1. The van der Waals surface area contributed by atoms with Crippen LogP contribution in [0.15, 0.2) is 223 Å². The van der Waals surface area contributed by atoms with E-state index in [4.69, 9.17) is 0 Å². The van der Waals surface area contributed by atoms with E-state index < -0.39 is 0 Å². The molecule has 7 aliphatic carbocycles. The van der Waals surface area contributed by atoms with Crippen molar-refractivity contribution in [1.29, 1.82) is 0 Å². The highest BCUT2D eigenvalue weighted by Crippen LogP contribution is 2.41. The Morgan fingerprint density at radius 2 is 1.14 bits per heavy atom. The molecule has 0 heterocycles. The second-order valence-electron chi connectivity index (χ2n) is 18.5. The zero-order chi connectivity index (χ0) is 42.4. The van der Waals surface area contributed by atoms with E-state index >= 15 is 0 Å². The molecule has 6 unspecified atom stereocenters. The number of allylic oxidation sites excluding steroid dienone is 21. The SMILES string of the molecule is CC1C=CC=CC1C1=CC=C(N(c2ccc(C3=CCC(N(C4=CCCC=C4)C4=CCC(C5C=CC(c6ccccc6)=CC5)CC4)C=C3)cc2)C2C=CC(c3ccccc3)=CC2)CC1. The summed E-state index contributed by atoms with van der Waals surface area (Å²) in [6.07, 6.45) is 56.7. The highest BCUT2D eigenvalue weighted by Gasteiger charge is 2.30. The van der Waals surface area contributed by atoms with Gasteiger partial charge in [-0.3, -0.25) is 0 Å². The van der Waals surface area contributed by atoms with E-state index in [2.05, 4.69) is 217 Å². The molecule has 0 aliphatic heterocycles. The lowest BCUT2D eigenvalue weighted by Gasteiger charge is -2.39. The molecule has 0 N–H and O–H groups in total. The Labute approximate surface area is 377 Å². The predicted molar refractivity (Wildman–Crippen MR) is 268 cm³/mol. The lowest BCUT2D eigenvalue weighted by molar-refractivity contribution is 0.300. The molecular formula is C61H62N2. The van der Waals surface area contributed by atoms with Gasteiger partial charge in [-0.1, -0.05) is 189 Å². The van der Waals surface area contributed by atoms with Crippen LogP contribution in [-0.4, -0.2) is 17.0 Å². The van der Waals surface area contributed by atoms with Gasteiger partial charge in [0.25, 0.3) is 0 Å². The molecule has 63 heavy (non-hydrogen) atoms. The first-order valence-corrected chi connectivity index (χ1v) is 23.9. The number of anilines is 1. The summed E-state index contributed by atoms with van der Waals surface area (Å²) in [7, 11) is 0. The first-order valence-electron chi connectivity index (χ1n) is 23.9. The Balaban J connectivity index is 0.845. The van der Waals surface area contributed by atoms with Gasteiger partial charge in [-0.05, 0) is 140 Å². The summed E-state index contributed by atoms with van der Waals surface area (Å²) in [5, 5.41) is 0. The maximum Gasteiger partial charge on any atom is 0.0557 e. The van der Waals surface area contributed by atoms with Crippen LogP contribution in [0, 0.1) is 23.7 Å². The van der Waals surface area contributed by atoms with E-state index in [0.29, 0.717) is 29.7 Å². The third-order valence-electron chi connectivity index (χ3n) is 14.5.